The lowest BCUT2D eigenvalue weighted by atomic mass is 10.1. The monoisotopic (exact) mass is 228 g/mol. The van der Waals surface area contributed by atoms with E-state index in [0.717, 1.165) is 11.6 Å². The smallest absolute Gasteiger partial charge is 0.277 e. The van der Waals surface area contributed by atoms with Crippen molar-refractivity contribution < 1.29 is 13.5 Å². The summed E-state index contributed by atoms with van der Waals surface area (Å²) in [4.78, 5) is 0. The second-order valence-electron chi connectivity index (χ2n) is 3.42. The molecule has 1 rings (SSSR count). The Morgan fingerprint density at radius 3 is 2.56 bits per heavy atom. The van der Waals surface area contributed by atoms with Crippen LogP contribution in [0.2, 0.25) is 0 Å². The molecule has 3 nitrogen and oxygen atoms in total. The summed E-state index contributed by atoms with van der Waals surface area (Å²) >= 11 is 0. The lowest BCUT2D eigenvalue weighted by molar-refractivity contribution is 0.189. The molecule has 1 aromatic carbocycles. The van der Waals surface area contributed by atoms with Crippen LogP contribution in [-0.2, 0) is 0 Å². The van der Waals surface area contributed by atoms with Crippen LogP contribution in [-0.4, -0.2) is 13.5 Å². The molecule has 0 saturated carbocycles. The molecule has 0 aliphatic rings. The number of halogens is 2. The molecule has 0 heterocycles. The molecular formula is C11H14F2N2O. The van der Waals surface area contributed by atoms with Gasteiger partial charge in [-0.15, -0.1) is 0 Å². The molecule has 0 bridgehead atoms. The Morgan fingerprint density at radius 2 is 2.06 bits per heavy atom. The molecule has 4 N–H and O–H groups in total. The van der Waals surface area contributed by atoms with Gasteiger partial charge >= 0.3 is 0 Å². The number of methoxy groups -OCH3 is 1. The van der Waals surface area contributed by atoms with E-state index in [1.54, 1.807) is 12.1 Å². The highest BCUT2D eigenvalue weighted by Gasteiger charge is 2.10. The molecule has 0 unspecified atom stereocenters. The number of alkyl halides is 2. The zero-order valence-electron chi connectivity index (χ0n) is 9.13. The van der Waals surface area contributed by atoms with Gasteiger partial charge in [0.25, 0.3) is 6.43 Å². The number of nitrogens with two attached hydrogens (primary N) is 2. The minimum atomic E-state index is -2.69. The van der Waals surface area contributed by atoms with Gasteiger partial charge in [0.05, 0.1) is 18.5 Å². The van der Waals surface area contributed by atoms with Crippen molar-refractivity contribution in [2.24, 2.45) is 5.73 Å². The van der Waals surface area contributed by atoms with Crippen LogP contribution in [0.4, 0.5) is 14.5 Å². The van der Waals surface area contributed by atoms with Crippen molar-refractivity contribution in [1.29, 1.82) is 0 Å². The molecule has 88 valence electrons. The highest BCUT2D eigenvalue weighted by molar-refractivity contribution is 5.72. The third-order valence-electron chi connectivity index (χ3n) is 2.11. The molecular weight excluding hydrogens is 214 g/mol. The summed E-state index contributed by atoms with van der Waals surface area (Å²) in [5.74, 6) is 0.452. The second-order valence-corrected chi connectivity index (χ2v) is 3.42. The SMILES string of the molecule is COc1cc(C)cc(/C=C(\N)C(F)F)c1N. The number of benzene rings is 1. The normalized spacial score (nSPS) is 11.9. The van der Waals surface area contributed by atoms with Crippen LogP contribution in [0.1, 0.15) is 11.1 Å². The molecule has 0 fully saturated rings. The second kappa shape index (κ2) is 4.83. The Balaban J connectivity index is 3.24. The molecule has 0 amide bonds. The van der Waals surface area contributed by atoms with Crippen molar-refractivity contribution in [1.82, 2.24) is 0 Å². The molecule has 0 aromatic heterocycles. The summed E-state index contributed by atoms with van der Waals surface area (Å²) in [5, 5.41) is 0. The first-order valence-electron chi connectivity index (χ1n) is 4.65. The first-order chi connectivity index (χ1) is 7.45. The van der Waals surface area contributed by atoms with Crippen molar-refractivity contribution in [2.45, 2.75) is 13.3 Å². The van der Waals surface area contributed by atoms with E-state index in [1.165, 1.54) is 7.11 Å². The number of nitrogen functional groups attached to an aromatic ring is 1. The molecule has 5 heteroatoms. The van der Waals surface area contributed by atoms with E-state index in [2.05, 4.69) is 0 Å². The summed E-state index contributed by atoms with van der Waals surface area (Å²) < 4.78 is 29.6. The predicted octanol–water partition coefficient (Wildman–Crippen LogP) is 2.15. The first kappa shape index (κ1) is 12.3. The average molecular weight is 228 g/mol. The van der Waals surface area contributed by atoms with Gasteiger partial charge in [-0.3, -0.25) is 0 Å². The zero-order chi connectivity index (χ0) is 12.3. The molecule has 1 aromatic rings. The number of ether oxygens (including phenoxy) is 1. The Kier molecular flexibility index (Phi) is 3.71. The van der Waals surface area contributed by atoms with E-state index in [0.29, 0.717) is 17.0 Å². The van der Waals surface area contributed by atoms with Crippen LogP contribution in [0, 0.1) is 6.92 Å². The minimum absolute atomic E-state index is 0.303. The molecule has 16 heavy (non-hydrogen) atoms. The third kappa shape index (κ3) is 2.62. The van der Waals surface area contributed by atoms with Crippen LogP contribution >= 0.6 is 0 Å². The molecule has 0 radical (unpaired) electrons. The third-order valence-corrected chi connectivity index (χ3v) is 2.11. The summed E-state index contributed by atoms with van der Waals surface area (Å²) in [6, 6.07) is 3.40. The van der Waals surface area contributed by atoms with Crippen LogP contribution < -0.4 is 16.2 Å². The van der Waals surface area contributed by atoms with Crippen LogP contribution in [0.5, 0.6) is 5.75 Å². The molecule has 0 aliphatic carbocycles. The highest BCUT2D eigenvalue weighted by Crippen LogP contribution is 2.28. The number of rotatable bonds is 3. The standard InChI is InChI=1S/C11H14F2N2O/c1-6-3-7(5-8(14)11(12)13)10(15)9(4-6)16-2/h3-5,11H,14-15H2,1-2H3/b8-5-. The maximum atomic E-state index is 12.3. The number of hydrogen-bond acceptors (Lipinski definition) is 3. The van der Waals surface area contributed by atoms with E-state index in [9.17, 15) is 8.78 Å². The maximum Gasteiger partial charge on any atom is 0.277 e. The molecule has 0 spiro atoms. The Bertz CT molecular complexity index is 417. The van der Waals surface area contributed by atoms with E-state index < -0.39 is 12.1 Å². The van der Waals surface area contributed by atoms with E-state index in [1.807, 2.05) is 6.92 Å². The van der Waals surface area contributed by atoms with Gasteiger partial charge in [0.1, 0.15) is 5.75 Å². The van der Waals surface area contributed by atoms with Gasteiger partial charge in [0.15, 0.2) is 0 Å². The van der Waals surface area contributed by atoms with Gasteiger partial charge in [-0.1, -0.05) is 0 Å². The van der Waals surface area contributed by atoms with E-state index in [4.69, 9.17) is 16.2 Å². The number of hydrogen-bond donors (Lipinski definition) is 2. The molecule has 0 atom stereocenters. The van der Waals surface area contributed by atoms with Crippen LogP contribution in [0.25, 0.3) is 6.08 Å². The zero-order valence-corrected chi connectivity index (χ0v) is 9.13. The van der Waals surface area contributed by atoms with Crippen molar-refractivity contribution in [3.05, 3.63) is 29.0 Å². The minimum Gasteiger partial charge on any atom is -0.495 e. The van der Waals surface area contributed by atoms with Gasteiger partial charge in [-0.2, -0.15) is 0 Å². The van der Waals surface area contributed by atoms with E-state index >= 15 is 0 Å². The summed E-state index contributed by atoms with van der Waals surface area (Å²) in [7, 11) is 1.47. The molecule has 0 aliphatic heterocycles. The summed E-state index contributed by atoms with van der Waals surface area (Å²) in [6.07, 6.45) is -1.53. The van der Waals surface area contributed by atoms with Crippen LogP contribution in [0.3, 0.4) is 0 Å². The van der Waals surface area contributed by atoms with Crippen molar-refractivity contribution >= 4 is 11.8 Å². The van der Waals surface area contributed by atoms with Gasteiger partial charge < -0.3 is 16.2 Å². The topological polar surface area (TPSA) is 61.3 Å². The van der Waals surface area contributed by atoms with Crippen LogP contribution in [0.15, 0.2) is 17.8 Å². The van der Waals surface area contributed by atoms with Crippen molar-refractivity contribution in [3.8, 4) is 5.75 Å². The number of aryl methyl sites for hydroxylation is 1. The lowest BCUT2D eigenvalue weighted by Gasteiger charge is -2.10. The fourth-order valence-electron chi connectivity index (χ4n) is 1.32. The quantitative estimate of drug-likeness (QED) is 0.779. The summed E-state index contributed by atoms with van der Waals surface area (Å²) in [6.45, 7) is 1.82. The highest BCUT2D eigenvalue weighted by atomic mass is 19.3. The fourth-order valence-corrected chi connectivity index (χ4v) is 1.32. The molecule has 0 saturated heterocycles. The predicted molar refractivity (Wildman–Crippen MR) is 60.3 cm³/mol. The first-order valence-corrected chi connectivity index (χ1v) is 4.65. The maximum absolute atomic E-state index is 12.3. The van der Waals surface area contributed by atoms with Crippen molar-refractivity contribution in [2.75, 3.05) is 12.8 Å². The number of allylic oxidation sites excluding steroid dienone is 1. The van der Waals surface area contributed by atoms with Gasteiger partial charge in [-0.25, -0.2) is 8.78 Å². The average Bonchev–Trinajstić information content (AvgIpc) is 2.22. The van der Waals surface area contributed by atoms with Crippen molar-refractivity contribution in [3.63, 3.8) is 0 Å². The Hall–Kier alpha value is -1.78. The van der Waals surface area contributed by atoms with Gasteiger partial charge in [0, 0.05) is 5.56 Å². The van der Waals surface area contributed by atoms with E-state index in [-0.39, 0.29) is 0 Å². The summed E-state index contributed by atoms with van der Waals surface area (Å²) in [5.41, 5.74) is 12.0. The number of anilines is 1. The van der Waals surface area contributed by atoms with Gasteiger partial charge in [0.2, 0.25) is 0 Å². The largest absolute Gasteiger partial charge is 0.495 e. The fraction of sp³-hybridized carbons (Fsp3) is 0.273. The lowest BCUT2D eigenvalue weighted by Crippen LogP contribution is -2.07. The Labute approximate surface area is 92.7 Å². The Morgan fingerprint density at radius 1 is 1.44 bits per heavy atom. The van der Waals surface area contributed by atoms with Gasteiger partial charge in [-0.05, 0) is 30.7 Å².